The maximum Gasteiger partial charge on any atom is 0.214 e. The van der Waals surface area contributed by atoms with Crippen LogP contribution in [0.5, 0.6) is 0 Å². The molecular formula is C6H8N2O. The van der Waals surface area contributed by atoms with Gasteiger partial charge in [-0.2, -0.15) is 0 Å². The van der Waals surface area contributed by atoms with Gasteiger partial charge in [0.2, 0.25) is 5.78 Å². The zero-order valence-electron chi connectivity index (χ0n) is 5.16. The molecule has 0 unspecified atom stereocenters. The first-order valence-corrected chi connectivity index (χ1v) is 2.50. The Morgan fingerprint density at radius 1 is 1.67 bits per heavy atom. The van der Waals surface area contributed by atoms with Crippen molar-refractivity contribution in [3.05, 3.63) is 12.3 Å². The number of hydrogen-bond donors (Lipinski definition) is 1. The van der Waals surface area contributed by atoms with E-state index in [4.69, 9.17) is 5.41 Å². The van der Waals surface area contributed by atoms with Gasteiger partial charge in [0, 0.05) is 6.20 Å². The quantitative estimate of drug-likeness (QED) is 0.556. The van der Waals surface area contributed by atoms with E-state index in [1.165, 1.54) is 6.20 Å². The third-order valence-electron chi connectivity index (χ3n) is 0.579. The molecule has 1 N–H and O–H groups in total. The van der Waals surface area contributed by atoms with Crippen molar-refractivity contribution in [2.24, 2.45) is 4.99 Å². The fraction of sp³-hybridized carbons (Fsp3) is 0.167. The number of hydrogen-bond acceptors (Lipinski definition) is 3. The number of ketones is 1. The number of aliphatic imine (C=N–C) groups is 1. The third kappa shape index (κ3) is 4.61. The minimum atomic E-state index is -0.395. The van der Waals surface area contributed by atoms with Crippen LogP contribution in [-0.2, 0) is 4.79 Å². The highest BCUT2D eigenvalue weighted by Crippen LogP contribution is 1.69. The Bertz CT molecular complexity index is 158. The molecule has 0 saturated heterocycles. The van der Waals surface area contributed by atoms with Crippen molar-refractivity contribution >= 4 is 18.2 Å². The van der Waals surface area contributed by atoms with Crippen molar-refractivity contribution < 1.29 is 4.79 Å². The average molecular weight is 124 g/mol. The molecule has 0 amide bonds. The summed E-state index contributed by atoms with van der Waals surface area (Å²) in [5, 5.41) is 6.45. The second kappa shape index (κ2) is 4.90. The summed E-state index contributed by atoms with van der Waals surface area (Å²) < 4.78 is 0. The molecule has 48 valence electrons. The topological polar surface area (TPSA) is 53.3 Å². The number of nitrogens with one attached hydrogen (secondary N) is 1. The fourth-order valence-corrected chi connectivity index (χ4v) is 0.240. The molecule has 0 fully saturated rings. The van der Waals surface area contributed by atoms with Gasteiger partial charge in [-0.3, -0.25) is 9.79 Å². The average Bonchev–Trinajstić information content (AvgIpc) is 1.89. The Hall–Kier alpha value is -1.25. The highest BCUT2D eigenvalue weighted by molar-refractivity contribution is 6.52. The van der Waals surface area contributed by atoms with E-state index in [9.17, 15) is 4.79 Å². The van der Waals surface area contributed by atoms with E-state index in [2.05, 4.69) is 4.99 Å². The molecule has 0 atom stereocenters. The van der Waals surface area contributed by atoms with Gasteiger partial charge in [0.15, 0.2) is 0 Å². The number of carbonyl (C=O) groups excluding carboxylic acids is 1. The monoisotopic (exact) mass is 124 g/mol. The summed E-state index contributed by atoms with van der Waals surface area (Å²) in [7, 11) is 0. The molecule has 3 nitrogen and oxygen atoms in total. The summed E-state index contributed by atoms with van der Waals surface area (Å²) in [6.07, 6.45) is 5.00. The van der Waals surface area contributed by atoms with E-state index in [0.29, 0.717) is 6.21 Å². The van der Waals surface area contributed by atoms with E-state index >= 15 is 0 Å². The summed E-state index contributed by atoms with van der Waals surface area (Å²) in [4.78, 5) is 13.8. The Kier molecular flexibility index (Phi) is 4.22. The molecule has 0 saturated carbocycles. The minimum absolute atomic E-state index is 0.395. The zero-order valence-corrected chi connectivity index (χ0v) is 5.16. The van der Waals surface area contributed by atoms with Crippen LogP contribution in [0.15, 0.2) is 17.3 Å². The summed E-state index contributed by atoms with van der Waals surface area (Å²) >= 11 is 0. The van der Waals surface area contributed by atoms with E-state index < -0.39 is 5.78 Å². The SMILES string of the molecule is C/C=C\N=CC(=O)C=N. The number of Topliss-reactive ketones (excluding diaryl/α,β-unsaturated/α-hetero) is 1. The van der Waals surface area contributed by atoms with Crippen LogP contribution >= 0.6 is 0 Å². The molecule has 0 spiro atoms. The maximum atomic E-state index is 10.3. The molecule has 0 aromatic carbocycles. The molecule has 3 heteroatoms. The molecule has 0 bridgehead atoms. The van der Waals surface area contributed by atoms with Gasteiger partial charge < -0.3 is 5.41 Å². The van der Waals surface area contributed by atoms with Crippen molar-refractivity contribution in [2.45, 2.75) is 6.92 Å². The van der Waals surface area contributed by atoms with Crippen LogP contribution in [-0.4, -0.2) is 18.2 Å². The lowest BCUT2D eigenvalue weighted by molar-refractivity contribution is -0.106. The van der Waals surface area contributed by atoms with E-state index in [0.717, 1.165) is 6.21 Å². The molecule has 9 heavy (non-hydrogen) atoms. The minimum Gasteiger partial charge on any atom is -0.305 e. The van der Waals surface area contributed by atoms with Gasteiger partial charge in [0.1, 0.15) is 0 Å². The van der Waals surface area contributed by atoms with Gasteiger partial charge in [-0.05, 0) is 6.92 Å². The highest BCUT2D eigenvalue weighted by Gasteiger charge is 1.83. The summed E-state index contributed by atoms with van der Waals surface area (Å²) in [6.45, 7) is 1.80. The first kappa shape index (κ1) is 7.75. The number of nitrogens with zero attached hydrogens (tertiary/aromatic N) is 1. The van der Waals surface area contributed by atoms with E-state index in [1.807, 2.05) is 0 Å². The lowest BCUT2D eigenvalue weighted by Gasteiger charge is -1.73. The summed E-state index contributed by atoms with van der Waals surface area (Å²) in [6, 6.07) is 0. The largest absolute Gasteiger partial charge is 0.305 e. The van der Waals surface area contributed by atoms with Crippen molar-refractivity contribution in [1.82, 2.24) is 0 Å². The van der Waals surface area contributed by atoms with Crippen LogP contribution in [0.1, 0.15) is 6.92 Å². The van der Waals surface area contributed by atoms with E-state index in [1.54, 1.807) is 13.0 Å². The number of carbonyl (C=O) groups is 1. The Balaban J connectivity index is 3.70. The van der Waals surface area contributed by atoms with Crippen LogP contribution < -0.4 is 0 Å². The molecule has 0 aromatic heterocycles. The van der Waals surface area contributed by atoms with Gasteiger partial charge in [-0.15, -0.1) is 0 Å². The van der Waals surface area contributed by atoms with Gasteiger partial charge >= 0.3 is 0 Å². The van der Waals surface area contributed by atoms with Crippen molar-refractivity contribution in [2.75, 3.05) is 0 Å². The molecule has 0 aromatic rings. The van der Waals surface area contributed by atoms with E-state index in [-0.39, 0.29) is 0 Å². The smallest absolute Gasteiger partial charge is 0.214 e. The van der Waals surface area contributed by atoms with Crippen molar-refractivity contribution in [1.29, 1.82) is 5.41 Å². The number of rotatable bonds is 3. The Morgan fingerprint density at radius 3 is 2.78 bits per heavy atom. The third-order valence-corrected chi connectivity index (χ3v) is 0.579. The summed E-state index contributed by atoms with van der Waals surface area (Å²) in [5.41, 5.74) is 0. The number of allylic oxidation sites excluding steroid dienone is 1. The molecule has 0 radical (unpaired) electrons. The van der Waals surface area contributed by atoms with Crippen LogP contribution in [0.3, 0.4) is 0 Å². The summed E-state index contributed by atoms with van der Waals surface area (Å²) in [5.74, 6) is -0.395. The molecule has 0 aliphatic carbocycles. The Labute approximate surface area is 53.6 Å². The van der Waals surface area contributed by atoms with Crippen LogP contribution in [0.2, 0.25) is 0 Å². The second-order valence-electron chi connectivity index (χ2n) is 1.31. The molecule has 0 heterocycles. The fourth-order valence-electron chi connectivity index (χ4n) is 0.240. The zero-order chi connectivity index (χ0) is 7.11. The standard InChI is InChI=1S/C6H8N2O/c1-2-3-8-5-6(9)4-7/h2-5,7H,1H3/b3-2-,7-4?,8-5?. The van der Waals surface area contributed by atoms with Crippen molar-refractivity contribution in [3.8, 4) is 0 Å². The van der Waals surface area contributed by atoms with Crippen LogP contribution in [0, 0.1) is 5.41 Å². The lowest BCUT2D eigenvalue weighted by Crippen LogP contribution is -1.97. The van der Waals surface area contributed by atoms with Gasteiger partial charge in [0.05, 0.1) is 12.4 Å². The second-order valence-corrected chi connectivity index (χ2v) is 1.31. The molecule has 0 aliphatic heterocycles. The maximum absolute atomic E-state index is 10.3. The first-order chi connectivity index (χ1) is 4.31. The predicted molar refractivity (Wildman–Crippen MR) is 37.1 cm³/mol. The Morgan fingerprint density at radius 2 is 2.33 bits per heavy atom. The van der Waals surface area contributed by atoms with Gasteiger partial charge in [-0.25, -0.2) is 0 Å². The normalized spacial score (nSPS) is 10.8. The predicted octanol–water partition coefficient (Wildman–Crippen LogP) is 0.809. The highest BCUT2D eigenvalue weighted by atomic mass is 16.1. The van der Waals surface area contributed by atoms with Gasteiger partial charge in [-0.1, -0.05) is 6.08 Å². The lowest BCUT2D eigenvalue weighted by atomic mass is 10.5. The molecule has 0 aliphatic rings. The molecular weight excluding hydrogens is 116 g/mol. The van der Waals surface area contributed by atoms with Crippen LogP contribution in [0.25, 0.3) is 0 Å². The molecule has 0 rings (SSSR count). The van der Waals surface area contributed by atoms with Crippen LogP contribution in [0.4, 0.5) is 0 Å². The van der Waals surface area contributed by atoms with Gasteiger partial charge in [0.25, 0.3) is 0 Å². The van der Waals surface area contributed by atoms with Crippen molar-refractivity contribution in [3.63, 3.8) is 0 Å². The first-order valence-electron chi connectivity index (χ1n) is 2.50.